The standard InChI is InChI=1S/C20H16INO2/c1-23-19-8-4-5-9-20(19)24-17-12-10-16(11-13-17)22-14-15-6-2-3-7-18(15)21/h2-14H,1H3. The molecule has 4 heteroatoms. The van der Waals surface area contributed by atoms with Gasteiger partial charge in [-0.2, -0.15) is 0 Å². The number of halogens is 1. The van der Waals surface area contributed by atoms with Crippen molar-refractivity contribution in [3.8, 4) is 17.2 Å². The fourth-order valence-corrected chi connectivity index (χ4v) is 2.68. The lowest BCUT2D eigenvalue weighted by Gasteiger charge is -2.09. The van der Waals surface area contributed by atoms with Gasteiger partial charge in [0.1, 0.15) is 5.75 Å². The number of rotatable bonds is 5. The highest BCUT2D eigenvalue weighted by atomic mass is 127. The van der Waals surface area contributed by atoms with E-state index >= 15 is 0 Å². The SMILES string of the molecule is COc1ccccc1Oc1ccc(N=Cc2ccccc2I)cc1. The summed E-state index contributed by atoms with van der Waals surface area (Å²) in [5.74, 6) is 2.14. The topological polar surface area (TPSA) is 30.8 Å². The number of nitrogens with zero attached hydrogens (tertiary/aromatic N) is 1. The average Bonchev–Trinajstić information content (AvgIpc) is 2.63. The van der Waals surface area contributed by atoms with Crippen LogP contribution in [-0.2, 0) is 0 Å². The van der Waals surface area contributed by atoms with E-state index in [0.29, 0.717) is 11.5 Å². The minimum absolute atomic E-state index is 0.690. The van der Waals surface area contributed by atoms with E-state index in [1.54, 1.807) is 7.11 Å². The van der Waals surface area contributed by atoms with Crippen LogP contribution in [0.1, 0.15) is 5.56 Å². The Balaban J connectivity index is 1.73. The fourth-order valence-electron chi connectivity index (χ4n) is 2.15. The molecule has 3 rings (SSSR count). The van der Waals surface area contributed by atoms with E-state index in [9.17, 15) is 0 Å². The Morgan fingerprint density at radius 2 is 1.50 bits per heavy atom. The van der Waals surface area contributed by atoms with Crippen LogP contribution >= 0.6 is 22.6 Å². The van der Waals surface area contributed by atoms with Gasteiger partial charge in [0.15, 0.2) is 11.5 Å². The van der Waals surface area contributed by atoms with Crippen molar-refractivity contribution in [2.24, 2.45) is 4.99 Å². The van der Waals surface area contributed by atoms with Crippen molar-refractivity contribution in [1.29, 1.82) is 0 Å². The third-order valence-corrected chi connectivity index (χ3v) is 4.37. The Morgan fingerprint density at radius 1 is 0.833 bits per heavy atom. The van der Waals surface area contributed by atoms with Crippen molar-refractivity contribution in [3.05, 3.63) is 81.9 Å². The maximum atomic E-state index is 5.86. The van der Waals surface area contributed by atoms with Crippen LogP contribution in [0.3, 0.4) is 0 Å². The van der Waals surface area contributed by atoms with Gasteiger partial charge in [-0.1, -0.05) is 30.3 Å². The van der Waals surface area contributed by atoms with Crippen molar-refractivity contribution in [2.45, 2.75) is 0 Å². The van der Waals surface area contributed by atoms with E-state index < -0.39 is 0 Å². The van der Waals surface area contributed by atoms with Crippen molar-refractivity contribution < 1.29 is 9.47 Å². The first-order valence-electron chi connectivity index (χ1n) is 7.46. The molecule has 0 radical (unpaired) electrons. The number of aliphatic imine (C=N–C) groups is 1. The third-order valence-electron chi connectivity index (χ3n) is 3.39. The monoisotopic (exact) mass is 429 g/mol. The van der Waals surface area contributed by atoms with Crippen LogP contribution in [0.4, 0.5) is 5.69 Å². The molecule has 0 saturated heterocycles. The zero-order chi connectivity index (χ0) is 16.8. The summed E-state index contributed by atoms with van der Waals surface area (Å²) in [6, 6.07) is 23.4. The molecule has 0 atom stereocenters. The summed E-state index contributed by atoms with van der Waals surface area (Å²) >= 11 is 2.30. The van der Waals surface area contributed by atoms with Gasteiger partial charge in [-0.3, -0.25) is 4.99 Å². The van der Waals surface area contributed by atoms with Crippen LogP contribution in [0.15, 0.2) is 77.8 Å². The number of ether oxygens (including phenoxy) is 2. The van der Waals surface area contributed by atoms with Crippen molar-refractivity contribution >= 4 is 34.5 Å². The molecule has 0 aliphatic heterocycles. The highest BCUT2D eigenvalue weighted by Gasteiger charge is 2.04. The molecule has 0 unspecified atom stereocenters. The predicted octanol–water partition coefficient (Wildman–Crippen LogP) is 5.84. The zero-order valence-electron chi connectivity index (χ0n) is 13.1. The van der Waals surface area contributed by atoms with E-state index in [0.717, 1.165) is 17.0 Å². The van der Waals surface area contributed by atoms with Gasteiger partial charge in [-0.15, -0.1) is 0 Å². The molecule has 0 amide bonds. The smallest absolute Gasteiger partial charge is 0.169 e. The number of hydrogen-bond acceptors (Lipinski definition) is 3. The van der Waals surface area contributed by atoms with Crippen LogP contribution in [0.2, 0.25) is 0 Å². The van der Waals surface area contributed by atoms with Crippen LogP contribution in [0, 0.1) is 3.57 Å². The van der Waals surface area contributed by atoms with Gasteiger partial charge in [0.25, 0.3) is 0 Å². The lowest BCUT2D eigenvalue weighted by atomic mass is 10.2. The fraction of sp³-hybridized carbons (Fsp3) is 0.0500. The van der Waals surface area contributed by atoms with Gasteiger partial charge in [0.2, 0.25) is 0 Å². The summed E-state index contributed by atoms with van der Waals surface area (Å²) in [7, 11) is 1.63. The van der Waals surface area contributed by atoms with Crippen LogP contribution in [-0.4, -0.2) is 13.3 Å². The summed E-state index contributed by atoms with van der Waals surface area (Å²) in [5, 5.41) is 0. The third kappa shape index (κ3) is 4.14. The summed E-state index contributed by atoms with van der Waals surface area (Å²) in [5.41, 5.74) is 1.98. The maximum Gasteiger partial charge on any atom is 0.169 e. The summed E-state index contributed by atoms with van der Waals surface area (Å²) < 4.78 is 12.3. The lowest BCUT2D eigenvalue weighted by molar-refractivity contribution is 0.379. The molecule has 0 spiro atoms. The first-order valence-corrected chi connectivity index (χ1v) is 8.53. The summed E-state index contributed by atoms with van der Waals surface area (Å²) in [6.45, 7) is 0. The first-order chi connectivity index (χ1) is 11.8. The molecule has 3 aromatic rings. The number of benzene rings is 3. The molecule has 0 aromatic heterocycles. The van der Waals surface area contributed by atoms with Crippen molar-refractivity contribution in [3.63, 3.8) is 0 Å². The molecule has 3 nitrogen and oxygen atoms in total. The Morgan fingerprint density at radius 3 is 2.21 bits per heavy atom. The van der Waals surface area contributed by atoms with Gasteiger partial charge in [-0.25, -0.2) is 0 Å². The van der Waals surface area contributed by atoms with Gasteiger partial charge >= 0.3 is 0 Å². The second-order valence-corrected chi connectivity index (χ2v) is 6.19. The molecule has 0 aliphatic rings. The molecule has 0 bridgehead atoms. The summed E-state index contributed by atoms with van der Waals surface area (Å²) in [6.07, 6.45) is 1.87. The van der Waals surface area contributed by atoms with E-state index in [-0.39, 0.29) is 0 Å². The highest BCUT2D eigenvalue weighted by molar-refractivity contribution is 14.1. The van der Waals surface area contributed by atoms with Gasteiger partial charge < -0.3 is 9.47 Å². The van der Waals surface area contributed by atoms with Crippen LogP contribution < -0.4 is 9.47 Å². The first kappa shape index (κ1) is 16.5. The molecule has 0 fully saturated rings. The largest absolute Gasteiger partial charge is 0.493 e. The Labute approximate surface area is 155 Å². The maximum absolute atomic E-state index is 5.86. The quantitative estimate of drug-likeness (QED) is 0.377. The van der Waals surface area contributed by atoms with Crippen molar-refractivity contribution in [1.82, 2.24) is 0 Å². The molecule has 24 heavy (non-hydrogen) atoms. The van der Waals surface area contributed by atoms with E-state index in [2.05, 4.69) is 33.6 Å². The molecule has 0 aliphatic carbocycles. The second-order valence-electron chi connectivity index (χ2n) is 5.03. The molecular weight excluding hydrogens is 413 g/mol. The Kier molecular flexibility index (Phi) is 5.48. The lowest BCUT2D eigenvalue weighted by Crippen LogP contribution is -1.89. The van der Waals surface area contributed by atoms with Crippen LogP contribution in [0.25, 0.3) is 0 Å². The molecule has 0 saturated carbocycles. The van der Waals surface area contributed by atoms with E-state index in [1.165, 1.54) is 3.57 Å². The minimum atomic E-state index is 0.690. The number of methoxy groups -OCH3 is 1. The normalized spacial score (nSPS) is 10.8. The molecule has 3 aromatic carbocycles. The molecule has 120 valence electrons. The van der Waals surface area contributed by atoms with E-state index in [1.807, 2.05) is 72.9 Å². The van der Waals surface area contributed by atoms with Crippen LogP contribution in [0.5, 0.6) is 17.2 Å². The van der Waals surface area contributed by atoms with Gasteiger partial charge in [-0.05, 0) is 65.1 Å². The van der Waals surface area contributed by atoms with Gasteiger partial charge in [0, 0.05) is 15.3 Å². The molecule has 0 heterocycles. The van der Waals surface area contributed by atoms with Crippen molar-refractivity contribution in [2.75, 3.05) is 7.11 Å². The summed E-state index contributed by atoms with van der Waals surface area (Å²) in [4.78, 5) is 4.51. The highest BCUT2D eigenvalue weighted by Crippen LogP contribution is 2.31. The average molecular weight is 429 g/mol. The number of para-hydroxylation sites is 2. The van der Waals surface area contributed by atoms with E-state index in [4.69, 9.17) is 9.47 Å². The second kappa shape index (κ2) is 7.97. The van der Waals surface area contributed by atoms with Gasteiger partial charge in [0.05, 0.1) is 12.8 Å². The minimum Gasteiger partial charge on any atom is -0.493 e. The Hall–Kier alpha value is -2.34. The zero-order valence-corrected chi connectivity index (χ0v) is 15.3. The number of hydrogen-bond donors (Lipinski definition) is 0. The predicted molar refractivity (Wildman–Crippen MR) is 106 cm³/mol. The Bertz CT molecular complexity index is 844. The molecular formula is C20H16INO2. The molecule has 0 N–H and O–H groups in total.